The summed E-state index contributed by atoms with van der Waals surface area (Å²) < 4.78 is 26.3. The average molecular weight is 282 g/mol. The van der Waals surface area contributed by atoms with Gasteiger partial charge in [-0.3, -0.25) is 4.90 Å². The Morgan fingerprint density at radius 1 is 1.15 bits per heavy atom. The predicted octanol–water partition coefficient (Wildman–Crippen LogP) is 3.49. The Morgan fingerprint density at radius 3 is 2.35 bits per heavy atom. The second-order valence-corrected chi connectivity index (χ2v) is 5.81. The Kier molecular flexibility index (Phi) is 5.11. The molecule has 1 aliphatic rings. The Labute approximate surface area is 120 Å². The summed E-state index contributed by atoms with van der Waals surface area (Å²) in [4.78, 5) is 2.29. The monoisotopic (exact) mass is 282 g/mol. The van der Waals surface area contributed by atoms with Crippen molar-refractivity contribution >= 4 is 0 Å². The summed E-state index contributed by atoms with van der Waals surface area (Å²) in [6.07, 6.45) is 4.65. The first-order chi connectivity index (χ1) is 9.52. The van der Waals surface area contributed by atoms with Gasteiger partial charge in [0.15, 0.2) is 11.6 Å². The maximum absolute atomic E-state index is 13.3. The summed E-state index contributed by atoms with van der Waals surface area (Å²) in [6.45, 7) is 2.05. The zero-order chi connectivity index (χ0) is 14.7. The van der Waals surface area contributed by atoms with Gasteiger partial charge < -0.3 is 5.32 Å². The first-order valence-electron chi connectivity index (χ1n) is 7.37. The predicted molar refractivity (Wildman–Crippen MR) is 77.6 cm³/mol. The van der Waals surface area contributed by atoms with Crippen LogP contribution in [0.5, 0.6) is 0 Å². The van der Waals surface area contributed by atoms with Crippen molar-refractivity contribution in [3.63, 3.8) is 0 Å². The van der Waals surface area contributed by atoms with Crippen molar-refractivity contribution in [1.29, 1.82) is 0 Å². The Bertz CT molecular complexity index is 442. The number of nitrogens with one attached hydrogen (secondary N) is 1. The lowest BCUT2D eigenvalue weighted by Crippen LogP contribution is -2.40. The molecule has 20 heavy (non-hydrogen) atoms. The molecule has 1 saturated carbocycles. The van der Waals surface area contributed by atoms with Crippen molar-refractivity contribution in [2.45, 2.75) is 50.7 Å². The van der Waals surface area contributed by atoms with Crippen LogP contribution in [0.3, 0.4) is 0 Å². The van der Waals surface area contributed by atoms with Crippen molar-refractivity contribution in [1.82, 2.24) is 10.2 Å². The van der Waals surface area contributed by atoms with Crippen molar-refractivity contribution in [3.8, 4) is 0 Å². The zero-order valence-electron chi connectivity index (χ0n) is 12.5. The number of benzene rings is 1. The molecule has 0 aromatic heterocycles. The molecule has 2 nitrogen and oxygen atoms in total. The van der Waals surface area contributed by atoms with Gasteiger partial charge in [0.25, 0.3) is 0 Å². The van der Waals surface area contributed by atoms with E-state index in [1.807, 2.05) is 7.05 Å². The van der Waals surface area contributed by atoms with Crippen molar-refractivity contribution in [2.24, 2.45) is 0 Å². The van der Waals surface area contributed by atoms with Gasteiger partial charge in [-0.25, -0.2) is 8.78 Å². The molecule has 1 aliphatic carbocycles. The van der Waals surface area contributed by atoms with Crippen LogP contribution in [0.4, 0.5) is 8.78 Å². The average Bonchev–Trinajstić information content (AvgIpc) is 2.48. The molecule has 0 amide bonds. The molecule has 0 saturated heterocycles. The highest BCUT2D eigenvalue weighted by Gasteiger charge is 2.26. The highest BCUT2D eigenvalue weighted by atomic mass is 19.2. The minimum absolute atomic E-state index is 0.0984. The van der Waals surface area contributed by atoms with Gasteiger partial charge in [-0.05, 0) is 64.4 Å². The van der Waals surface area contributed by atoms with E-state index >= 15 is 0 Å². The standard InChI is InChI=1S/C16H24F2N2/c1-11(12-4-9-15(17)16(18)10-12)20(3)14-7-5-13(19-2)6-8-14/h4,9-11,13-14,19H,5-8H2,1-3H3. The lowest BCUT2D eigenvalue weighted by atomic mass is 9.89. The lowest BCUT2D eigenvalue weighted by molar-refractivity contribution is 0.136. The second-order valence-electron chi connectivity index (χ2n) is 5.81. The summed E-state index contributed by atoms with van der Waals surface area (Å²) in [5.74, 6) is -1.54. The summed E-state index contributed by atoms with van der Waals surface area (Å²) >= 11 is 0. The molecule has 1 atom stereocenters. The van der Waals surface area contributed by atoms with Crippen molar-refractivity contribution < 1.29 is 8.78 Å². The number of hydrogen-bond acceptors (Lipinski definition) is 2. The molecule has 2 rings (SSSR count). The van der Waals surface area contributed by atoms with Gasteiger partial charge in [-0.1, -0.05) is 6.07 Å². The molecule has 0 spiro atoms. The SMILES string of the molecule is CNC1CCC(N(C)C(C)c2ccc(F)c(F)c2)CC1. The smallest absolute Gasteiger partial charge is 0.159 e. The van der Waals surface area contributed by atoms with Crippen molar-refractivity contribution in [3.05, 3.63) is 35.4 Å². The number of hydrogen-bond donors (Lipinski definition) is 1. The van der Waals surface area contributed by atoms with Crippen LogP contribution in [0.1, 0.15) is 44.2 Å². The fourth-order valence-electron chi connectivity index (χ4n) is 3.10. The van der Waals surface area contributed by atoms with E-state index in [0.29, 0.717) is 12.1 Å². The van der Waals surface area contributed by atoms with Gasteiger partial charge in [0.05, 0.1) is 0 Å². The molecule has 1 N–H and O–H groups in total. The molecule has 1 fully saturated rings. The molecule has 4 heteroatoms. The fraction of sp³-hybridized carbons (Fsp3) is 0.625. The maximum atomic E-state index is 13.3. The van der Waals surface area contributed by atoms with Crippen molar-refractivity contribution in [2.75, 3.05) is 14.1 Å². The summed E-state index contributed by atoms with van der Waals surface area (Å²) in [6, 6.07) is 5.45. The molecular weight excluding hydrogens is 258 g/mol. The van der Waals surface area contributed by atoms with Gasteiger partial charge in [0.1, 0.15) is 0 Å². The summed E-state index contributed by atoms with van der Waals surface area (Å²) in [5, 5.41) is 3.33. The van der Waals surface area contributed by atoms with Crippen LogP contribution in [0, 0.1) is 11.6 Å². The van der Waals surface area contributed by atoms with Crippen LogP contribution in [-0.4, -0.2) is 31.1 Å². The summed E-state index contributed by atoms with van der Waals surface area (Å²) in [5.41, 5.74) is 0.835. The Hall–Kier alpha value is -1.00. The molecular formula is C16H24F2N2. The third kappa shape index (κ3) is 3.36. The van der Waals surface area contributed by atoms with Crippen LogP contribution < -0.4 is 5.32 Å². The van der Waals surface area contributed by atoms with Gasteiger partial charge in [-0.2, -0.15) is 0 Å². The van der Waals surface area contributed by atoms with Crippen LogP contribution in [0.2, 0.25) is 0 Å². The third-order valence-electron chi connectivity index (χ3n) is 4.72. The Balaban J connectivity index is 2.01. The normalized spacial score (nSPS) is 24.9. The van der Waals surface area contributed by atoms with E-state index in [1.54, 1.807) is 6.07 Å². The molecule has 112 valence electrons. The largest absolute Gasteiger partial charge is 0.317 e. The van der Waals surface area contributed by atoms with Gasteiger partial charge in [-0.15, -0.1) is 0 Å². The van der Waals surface area contributed by atoms with E-state index in [0.717, 1.165) is 18.4 Å². The van der Waals surface area contributed by atoms with Crippen LogP contribution >= 0.6 is 0 Å². The number of halogens is 2. The minimum atomic E-state index is -0.780. The highest BCUT2D eigenvalue weighted by Crippen LogP contribution is 2.29. The topological polar surface area (TPSA) is 15.3 Å². The van der Waals surface area contributed by atoms with Gasteiger partial charge >= 0.3 is 0 Å². The van der Waals surface area contributed by atoms with Crippen LogP contribution in [0.25, 0.3) is 0 Å². The van der Waals surface area contributed by atoms with E-state index in [1.165, 1.54) is 25.0 Å². The quantitative estimate of drug-likeness (QED) is 0.909. The molecule has 0 heterocycles. The minimum Gasteiger partial charge on any atom is -0.317 e. The van der Waals surface area contributed by atoms with Gasteiger partial charge in [0.2, 0.25) is 0 Å². The molecule has 0 radical (unpaired) electrons. The second kappa shape index (κ2) is 6.64. The summed E-state index contributed by atoms with van der Waals surface area (Å²) in [7, 11) is 4.09. The van der Waals surface area contributed by atoms with Crippen LogP contribution in [-0.2, 0) is 0 Å². The van der Waals surface area contributed by atoms with E-state index in [2.05, 4.69) is 24.2 Å². The van der Waals surface area contributed by atoms with E-state index in [4.69, 9.17) is 0 Å². The lowest BCUT2D eigenvalue weighted by Gasteiger charge is -2.38. The van der Waals surface area contributed by atoms with Crippen LogP contribution in [0.15, 0.2) is 18.2 Å². The molecule has 1 unspecified atom stereocenters. The molecule has 0 aliphatic heterocycles. The van der Waals surface area contributed by atoms with E-state index in [-0.39, 0.29) is 6.04 Å². The zero-order valence-corrected chi connectivity index (χ0v) is 12.5. The first-order valence-corrected chi connectivity index (χ1v) is 7.37. The number of rotatable bonds is 4. The molecule has 0 bridgehead atoms. The molecule has 1 aromatic carbocycles. The first kappa shape index (κ1) is 15.4. The van der Waals surface area contributed by atoms with E-state index in [9.17, 15) is 8.78 Å². The number of nitrogens with zero attached hydrogens (tertiary/aromatic N) is 1. The third-order valence-corrected chi connectivity index (χ3v) is 4.72. The highest BCUT2D eigenvalue weighted by molar-refractivity contribution is 5.21. The van der Waals surface area contributed by atoms with E-state index < -0.39 is 11.6 Å². The fourth-order valence-corrected chi connectivity index (χ4v) is 3.10. The maximum Gasteiger partial charge on any atom is 0.159 e. The Morgan fingerprint density at radius 2 is 1.80 bits per heavy atom. The molecule has 1 aromatic rings. The van der Waals surface area contributed by atoms with Gasteiger partial charge in [0, 0.05) is 18.1 Å².